The number of rotatable bonds is 8. The summed E-state index contributed by atoms with van der Waals surface area (Å²) in [7, 11) is -4.60. The Hall–Kier alpha value is -3.54. The minimum atomic E-state index is -4.60. The van der Waals surface area contributed by atoms with Gasteiger partial charge in [0.05, 0.1) is 5.69 Å². The Bertz CT molecular complexity index is 1210. The van der Waals surface area contributed by atoms with E-state index in [1.54, 1.807) is 42.9 Å². The number of ether oxygens (including phenoxy) is 1. The van der Waals surface area contributed by atoms with Crippen molar-refractivity contribution in [3.8, 4) is 5.75 Å². The second kappa shape index (κ2) is 9.30. The average molecular weight is 466 g/mol. The highest BCUT2D eigenvalue weighted by atomic mass is 32.2. The van der Waals surface area contributed by atoms with Crippen molar-refractivity contribution in [1.29, 1.82) is 0 Å². The largest absolute Gasteiger partial charge is 0.442 e. The van der Waals surface area contributed by atoms with Gasteiger partial charge in [-0.05, 0) is 23.6 Å². The van der Waals surface area contributed by atoms with E-state index in [1.807, 2.05) is 0 Å². The van der Waals surface area contributed by atoms with E-state index < -0.39 is 45.2 Å². The minimum Gasteiger partial charge on any atom is -0.442 e. The van der Waals surface area contributed by atoms with Crippen LogP contribution in [0.25, 0.3) is 0 Å². The molecule has 3 aromatic rings. The molecule has 0 atom stereocenters. The molecule has 2 aromatic heterocycles. The summed E-state index contributed by atoms with van der Waals surface area (Å²) in [5.41, 5.74) is 6.07. The molecule has 0 unspecified atom stereocenters. The molecule has 12 heteroatoms. The number of nitrogens with two attached hydrogens (primary N) is 1. The molecule has 0 aliphatic carbocycles. The monoisotopic (exact) mass is 466 g/mol. The summed E-state index contributed by atoms with van der Waals surface area (Å²) in [6.07, 6.45) is 2.07. The maximum atomic E-state index is 13.5. The van der Waals surface area contributed by atoms with Crippen molar-refractivity contribution in [2.24, 2.45) is 5.73 Å². The van der Waals surface area contributed by atoms with Crippen LogP contribution in [0.4, 0.5) is 13.6 Å². The smallest absolute Gasteiger partial charge is 0.404 e. The molecule has 0 saturated heterocycles. The molecule has 0 aliphatic heterocycles. The Balaban J connectivity index is 2.11. The summed E-state index contributed by atoms with van der Waals surface area (Å²) in [4.78, 5) is 19.2. The summed E-state index contributed by atoms with van der Waals surface area (Å²) in [5, 5.41) is -0.464. The molecule has 0 aliphatic rings. The molecule has 9 nitrogen and oxygen atoms in total. The van der Waals surface area contributed by atoms with Crippen molar-refractivity contribution >= 4 is 16.2 Å². The Morgan fingerprint density at radius 3 is 2.34 bits per heavy atom. The van der Waals surface area contributed by atoms with Crippen LogP contribution < -0.4 is 9.92 Å². The van der Waals surface area contributed by atoms with Crippen molar-refractivity contribution in [1.82, 2.24) is 14.5 Å². The highest BCUT2D eigenvalue weighted by Gasteiger charge is 2.31. The average Bonchev–Trinajstić information content (AvgIpc) is 3.05. The predicted molar refractivity (Wildman–Crippen MR) is 108 cm³/mol. The molecule has 170 valence electrons. The normalized spacial score (nSPS) is 11.5. The molecule has 0 fully saturated rings. The molecule has 32 heavy (non-hydrogen) atoms. The van der Waals surface area contributed by atoms with Crippen LogP contribution in [-0.2, 0) is 28.0 Å². The Kier molecular flexibility index (Phi) is 6.72. The second-order valence-corrected chi connectivity index (χ2v) is 8.53. The molecule has 0 saturated carbocycles. The van der Waals surface area contributed by atoms with Crippen LogP contribution in [0.2, 0.25) is 0 Å². The number of imidazole rings is 1. The molecular weight excluding hydrogens is 446 g/mol. The van der Waals surface area contributed by atoms with E-state index in [2.05, 4.69) is 9.97 Å². The summed E-state index contributed by atoms with van der Waals surface area (Å²) >= 11 is 0. The highest BCUT2D eigenvalue weighted by molar-refractivity contribution is 7.87. The minimum absolute atomic E-state index is 0.0944. The van der Waals surface area contributed by atoms with Gasteiger partial charge < -0.3 is 19.2 Å². The first kappa shape index (κ1) is 23.1. The first-order valence-electron chi connectivity index (χ1n) is 9.38. The van der Waals surface area contributed by atoms with Crippen LogP contribution >= 0.6 is 0 Å². The third kappa shape index (κ3) is 5.38. The highest BCUT2D eigenvalue weighted by Crippen LogP contribution is 2.29. The molecule has 3 rings (SSSR count). The van der Waals surface area contributed by atoms with Crippen LogP contribution in [0.5, 0.6) is 5.75 Å². The fourth-order valence-corrected chi connectivity index (χ4v) is 4.32. The van der Waals surface area contributed by atoms with Gasteiger partial charge >= 0.3 is 16.2 Å². The number of hydrogen-bond donors (Lipinski definition) is 1. The van der Waals surface area contributed by atoms with Crippen molar-refractivity contribution in [3.05, 3.63) is 71.4 Å². The number of hydrogen-bond acceptors (Lipinski definition) is 7. The van der Waals surface area contributed by atoms with Gasteiger partial charge in [-0.2, -0.15) is 8.42 Å². The van der Waals surface area contributed by atoms with Gasteiger partial charge in [0.25, 0.3) is 0 Å². The molecule has 2 heterocycles. The van der Waals surface area contributed by atoms with Crippen LogP contribution in [0.3, 0.4) is 0 Å². The van der Waals surface area contributed by atoms with E-state index in [9.17, 15) is 22.0 Å². The van der Waals surface area contributed by atoms with Gasteiger partial charge in [0, 0.05) is 37.1 Å². The van der Waals surface area contributed by atoms with Crippen molar-refractivity contribution in [2.45, 2.75) is 37.9 Å². The number of carbonyl (C=O) groups is 1. The van der Waals surface area contributed by atoms with Gasteiger partial charge in [-0.25, -0.2) is 18.6 Å². The lowest BCUT2D eigenvalue weighted by Gasteiger charge is -2.15. The van der Waals surface area contributed by atoms with E-state index in [-0.39, 0.29) is 24.0 Å². The van der Waals surface area contributed by atoms with E-state index >= 15 is 0 Å². The third-order valence-corrected chi connectivity index (χ3v) is 5.50. The van der Waals surface area contributed by atoms with Gasteiger partial charge in [0.15, 0.2) is 6.61 Å². The van der Waals surface area contributed by atoms with Gasteiger partial charge in [-0.1, -0.05) is 13.8 Å². The Labute approximate surface area is 182 Å². The van der Waals surface area contributed by atoms with Gasteiger partial charge in [-0.3, -0.25) is 4.98 Å². The first-order chi connectivity index (χ1) is 15.1. The summed E-state index contributed by atoms with van der Waals surface area (Å²) < 4.78 is 64.4. The van der Waals surface area contributed by atoms with E-state index in [0.29, 0.717) is 6.07 Å². The van der Waals surface area contributed by atoms with Crippen molar-refractivity contribution in [3.63, 3.8) is 0 Å². The van der Waals surface area contributed by atoms with Gasteiger partial charge in [0.2, 0.25) is 5.03 Å². The second-order valence-electron chi connectivity index (χ2n) is 7.07. The van der Waals surface area contributed by atoms with E-state index in [0.717, 1.165) is 17.7 Å². The van der Waals surface area contributed by atoms with Crippen molar-refractivity contribution in [2.75, 3.05) is 0 Å². The van der Waals surface area contributed by atoms with Crippen LogP contribution in [0.15, 0.2) is 47.8 Å². The van der Waals surface area contributed by atoms with Crippen LogP contribution in [0, 0.1) is 11.6 Å². The maximum Gasteiger partial charge on any atom is 0.404 e. The topological polar surface area (TPSA) is 126 Å². The standard InChI is InChI=1S/C20H20F2N4O5S/c1-12(2)18-19(32(28,29)31-16-8-14(21)7-15(22)9-16)25-17(11-30-20(23)27)26(18)10-13-3-5-24-6-4-13/h3-9,12H,10-11H2,1-2H3,(H2,23,27). The molecular formula is C20H20F2N4O5S. The van der Waals surface area contributed by atoms with Crippen molar-refractivity contribution < 1.29 is 30.9 Å². The lowest BCUT2D eigenvalue weighted by molar-refractivity contribution is 0.146. The summed E-state index contributed by atoms with van der Waals surface area (Å²) in [6, 6.07) is 5.51. The number of halogens is 2. The molecule has 0 radical (unpaired) electrons. The Morgan fingerprint density at radius 1 is 1.16 bits per heavy atom. The Morgan fingerprint density at radius 2 is 1.78 bits per heavy atom. The SMILES string of the molecule is CC(C)c1c(S(=O)(=O)Oc2cc(F)cc(F)c2)nc(COC(N)=O)n1Cc1ccncc1. The molecule has 1 amide bonds. The van der Waals surface area contributed by atoms with Gasteiger partial charge in [0.1, 0.15) is 23.2 Å². The summed E-state index contributed by atoms with van der Waals surface area (Å²) in [5.74, 6) is -2.83. The lowest BCUT2D eigenvalue weighted by atomic mass is 10.1. The lowest BCUT2D eigenvalue weighted by Crippen LogP contribution is -2.17. The molecule has 0 bridgehead atoms. The molecule has 1 aromatic carbocycles. The number of pyridine rings is 1. The fourth-order valence-electron chi connectivity index (χ4n) is 3.07. The zero-order valence-electron chi connectivity index (χ0n) is 17.2. The zero-order chi connectivity index (χ0) is 23.5. The first-order valence-corrected chi connectivity index (χ1v) is 10.8. The van der Waals surface area contributed by atoms with E-state index in [4.69, 9.17) is 14.7 Å². The number of carbonyl (C=O) groups excluding carboxylic acids is 1. The third-order valence-electron chi connectivity index (χ3n) is 4.31. The zero-order valence-corrected chi connectivity index (χ0v) is 18.0. The predicted octanol–water partition coefficient (Wildman–Crippen LogP) is 3.09. The molecule has 0 spiro atoms. The maximum absolute atomic E-state index is 13.5. The number of primary amides is 1. The number of nitrogens with zero attached hydrogens (tertiary/aromatic N) is 3. The number of amides is 1. The van der Waals surface area contributed by atoms with Crippen LogP contribution in [0.1, 0.15) is 36.8 Å². The van der Waals surface area contributed by atoms with Gasteiger partial charge in [-0.15, -0.1) is 0 Å². The number of aromatic nitrogens is 3. The fraction of sp³-hybridized carbons (Fsp3) is 0.250. The molecule has 2 N–H and O–H groups in total. The quantitative estimate of drug-likeness (QED) is 0.506. The summed E-state index contributed by atoms with van der Waals surface area (Å²) in [6.45, 7) is 3.26. The van der Waals surface area contributed by atoms with E-state index in [1.165, 1.54) is 0 Å². The van der Waals surface area contributed by atoms with Crippen LogP contribution in [-0.4, -0.2) is 29.0 Å². The number of benzene rings is 1.